The number of nitrogens with two attached hydrogens (primary N) is 2. The second-order valence-electron chi connectivity index (χ2n) is 20.2. The number of hydrogen-bond donors (Lipinski definition) is 3. The van der Waals surface area contributed by atoms with E-state index in [1.807, 2.05) is 60.7 Å². The Balaban J connectivity index is 0.000000133. The van der Waals surface area contributed by atoms with Crippen LogP contribution in [0, 0.1) is 35.2 Å². The van der Waals surface area contributed by atoms with Crippen LogP contribution in [0.2, 0.25) is 0 Å². The maximum absolute atomic E-state index is 14.8. The van der Waals surface area contributed by atoms with Crippen LogP contribution in [0.15, 0.2) is 141 Å². The van der Waals surface area contributed by atoms with Gasteiger partial charge in [0.2, 0.25) is 0 Å². The molecule has 6 atom stereocenters. The summed E-state index contributed by atoms with van der Waals surface area (Å²) in [6, 6.07) is 32.1. The van der Waals surface area contributed by atoms with Gasteiger partial charge in [-0.1, -0.05) is 101 Å². The highest BCUT2D eigenvalue weighted by Crippen LogP contribution is 2.54. The van der Waals surface area contributed by atoms with Crippen molar-refractivity contribution < 1.29 is 32.2 Å². The molecule has 12 rings (SSSR count). The van der Waals surface area contributed by atoms with E-state index < -0.39 is 22.7 Å². The molecule has 5 heterocycles. The number of amidine groups is 3. The van der Waals surface area contributed by atoms with E-state index in [9.17, 15) is 18.0 Å². The molecule has 6 aromatic rings. The topological polar surface area (TPSA) is 172 Å². The van der Waals surface area contributed by atoms with Gasteiger partial charge in [0.1, 0.15) is 35.6 Å². The Kier molecular flexibility index (Phi) is 17.1. The van der Waals surface area contributed by atoms with E-state index in [4.69, 9.17) is 40.7 Å². The number of hydrogen-bond acceptors (Lipinski definition) is 14. The molecule has 6 aliphatic rings. The number of methoxy groups -OCH3 is 2. The van der Waals surface area contributed by atoms with Crippen molar-refractivity contribution in [1.29, 1.82) is 0 Å². The van der Waals surface area contributed by atoms with Crippen LogP contribution in [0.25, 0.3) is 22.5 Å². The summed E-state index contributed by atoms with van der Waals surface area (Å²) in [5.41, 5.74) is 16.4. The number of aliphatic imine (C=N–C) groups is 3. The number of alkyl carbamates (subject to hydrolysis) is 1. The number of nitrogens with one attached hydrogen (secondary N) is 1. The molecule has 3 aliphatic heterocycles. The normalized spacial score (nSPS) is 24.7. The number of amides is 1. The molecule has 5 N–H and O–H groups in total. The van der Waals surface area contributed by atoms with Crippen LogP contribution in [0.1, 0.15) is 80.0 Å². The summed E-state index contributed by atoms with van der Waals surface area (Å²) in [4.78, 5) is 35.4. The van der Waals surface area contributed by atoms with Crippen molar-refractivity contribution in [2.75, 3.05) is 31.5 Å². The van der Waals surface area contributed by atoms with Crippen molar-refractivity contribution in [2.24, 2.45) is 44.2 Å². The lowest BCUT2D eigenvalue weighted by atomic mass is 9.80. The SMILES string of the molecule is COc1ccnc(-c2ccc(F)c([C@]34CCC[C@H]3CSC(N)=N4)c2)c1.COc1ccnc(-c2ccc(F)c([C@]34CCC[C@H]3CSC(N)=N4)c2)c1.O=C(NC1=N[C@@]2(c3cc(Br)ccc3F)CCC[C@H]2CS1)OCc1ccccc1. The maximum Gasteiger partial charge on any atom is 0.413 e. The lowest BCUT2D eigenvalue weighted by molar-refractivity contribution is 0.145. The fourth-order valence-electron chi connectivity index (χ4n) is 11.9. The molecule has 2 aromatic heterocycles. The van der Waals surface area contributed by atoms with Crippen molar-refractivity contribution in [1.82, 2.24) is 15.3 Å². The molecule has 0 bridgehead atoms. The van der Waals surface area contributed by atoms with E-state index in [-0.39, 0.29) is 30.0 Å². The molecule has 19 heteroatoms. The Morgan fingerprint density at radius 3 is 1.58 bits per heavy atom. The van der Waals surface area contributed by atoms with Crippen LogP contribution in [-0.4, -0.2) is 63.0 Å². The number of benzene rings is 4. The minimum absolute atomic E-state index is 0.193. The van der Waals surface area contributed by atoms with E-state index >= 15 is 0 Å². The summed E-state index contributed by atoms with van der Waals surface area (Å²) in [5, 5.41) is 4.36. The summed E-state index contributed by atoms with van der Waals surface area (Å²) in [5.74, 6) is 4.26. The van der Waals surface area contributed by atoms with E-state index in [2.05, 4.69) is 31.2 Å². The number of rotatable bonds is 9. The van der Waals surface area contributed by atoms with Crippen LogP contribution in [0.5, 0.6) is 11.5 Å². The molecule has 0 unspecified atom stereocenters. The number of pyridine rings is 2. The Morgan fingerprint density at radius 1 is 0.615 bits per heavy atom. The van der Waals surface area contributed by atoms with Crippen molar-refractivity contribution >= 4 is 72.8 Å². The number of aromatic nitrogens is 2. The number of fused-ring (bicyclic) bond motifs is 3. The highest BCUT2D eigenvalue weighted by Gasteiger charge is 2.50. The molecule has 3 fully saturated rings. The van der Waals surface area contributed by atoms with Crippen LogP contribution in [0.4, 0.5) is 18.0 Å². The number of halogens is 4. The minimum atomic E-state index is -0.624. The molecular weight excluding hydrogens is 1120 g/mol. The average molecular weight is 1180 g/mol. The quantitative estimate of drug-likeness (QED) is 0.126. The Hall–Kier alpha value is -6.02. The molecule has 12 nitrogen and oxygen atoms in total. The van der Waals surface area contributed by atoms with Gasteiger partial charge in [-0.15, -0.1) is 0 Å². The van der Waals surface area contributed by atoms with Gasteiger partial charge in [-0.3, -0.25) is 30.3 Å². The van der Waals surface area contributed by atoms with Crippen LogP contribution in [-0.2, 0) is 28.0 Å². The van der Waals surface area contributed by atoms with Crippen molar-refractivity contribution in [3.8, 4) is 34.0 Å². The zero-order valence-electron chi connectivity index (χ0n) is 43.2. The van der Waals surface area contributed by atoms with Gasteiger partial charge in [0.15, 0.2) is 15.5 Å². The second-order valence-corrected chi connectivity index (χ2v) is 24.2. The average Bonchev–Trinajstić information content (AvgIpc) is 4.41. The highest BCUT2D eigenvalue weighted by atomic mass is 79.9. The van der Waals surface area contributed by atoms with Crippen molar-refractivity contribution in [2.45, 2.75) is 81.0 Å². The summed E-state index contributed by atoms with van der Waals surface area (Å²) in [7, 11) is 3.24. The number of nitrogens with zero attached hydrogens (tertiary/aromatic N) is 5. The monoisotopic (exact) mass is 1180 g/mol. The van der Waals surface area contributed by atoms with Crippen LogP contribution >= 0.6 is 51.2 Å². The van der Waals surface area contributed by atoms with E-state index in [0.717, 1.165) is 119 Å². The van der Waals surface area contributed by atoms with Crippen molar-refractivity contribution in [3.05, 3.63) is 166 Å². The number of ether oxygens (including phenoxy) is 3. The zero-order valence-corrected chi connectivity index (χ0v) is 47.3. The molecule has 0 saturated heterocycles. The predicted molar refractivity (Wildman–Crippen MR) is 311 cm³/mol. The molecule has 3 aliphatic carbocycles. The van der Waals surface area contributed by atoms with Gasteiger partial charge in [-0.25, -0.2) is 18.0 Å². The summed E-state index contributed by atoms with van der Waals surface area (Å²) >= 11 is 8.09. The van der Waals surface area contributed by atoms with Gasteiger partial charge in [0.05, 0.1) is 42.2 Å². The van der Waals surface area contributed by atoms with Crippen molar-refractivity contribution in [3.63, 3.8) is 0 Å². The molecule has 0 radical (unpaired) electrons. The number of carbonyl (C=O) groups excluding carboxylic acids is 1. The largest absolute Gasteiger partial charge is 0.497 e. The number of thioether (sulfide) groups is 3. The van der Waals surface area contributed by atoms with Gasteiger partial charge in [-0.2, -0.15) is 0 Å². The fourth-order valence-corrected chi connectivity index (χ4v) is 15.5. The zero-order chi connectivity index (χ0) is 54.4. The lowest BCUT2D eigenvalue weighted by Crippen LogP contribution is -2.40. The molecule has 4 aromatic carbocycles. The molecule has 406 valence electrons. The molecule has 0 spiro atoms. The van der Waals surface area contributed by atoms with Gasteiger partial charge in [0.25, 0.3) is 0 Å². The van der Waals surface area contributed by atoms with Gasteiger partial charge in [0, 0.05) is 74.1 Å². The number of carbonyl (C=O) groups is 1. The predicted octanol–water partition coefficient (Wildman–Crippen LogP) is 13.5. The first-order valence-corrected chi connectivity index (χ1v) is 29.8. The van der Waals surface area contributed by atoms with E-state index in [0.29, 0.717) is 44.0 Å². The third kappa shape index (κ3) is 11.7. The smallest absolute Gasteiger partial charge is 0.413 e. The first kappa shape index (κ1) is 55.3. The maximum atomic E-state index is 14.8. The van der Waals surface area contributed by atoms with Gasteiger partial charge < -0.3 is 25.7 Å². The summed E-state index contributed by atoms with van der Waals surface area (Å²) in [6.45, 7) is 0.193. The minimum Gasteiger partial charge on any atom is -0.497 e. The third-order valence-corrected chi connectivity index (χ3v) is 19.2. The first-order valence-electron chi connectivity index (χ1n) is 26.0. The Bertz CT molecular complexity index is 3130. The van der Waals surface area contributed by atoms with Crippen LogP contribution in [0.3, 0.4) is 0 Å². The fraction of sp³-hybridized carbons (Fsp3) is 0.356. The van der Waals surface area contributed by atoms with Gasteiger partial charge >= 0.3 is 6.09 Å². The standard InChI is InChI=1S/C21H20BrFN2O2S.2C19H20FN3OS/c22-16-8-9-18(23)17(11-16)21-10-4-7-15(21)13-28-19(25-21)24-20(26)27-12-14-5-2-1-3-6-14;2*1-24-14-6-8-22-17(10-14)12-4-5-16(20)15(9-12)19-7-2-3-13(19)11-25-18(21)23-19/h1-3,5-6,8-9,11,15H,4,7,10,12-13H2,(H,24,25,26);2*4-6,8-10,13H,2-3,7,11H2,1H3,(H2,21,23)/t15-,21-;2*13-,19-/m000/s1. The third-order valence-electron chi connectivity index (χ3n) is 15.8. The molecule has 78 heavy (non-hydrogen) atoms. The Labute approximate surface area is 473 Å². The molecular formula is C59H60BrF3N8O4S3. The second kappa shape index (κ2) is 24.1. The van der Waals surface area contributed by atoms with E-state index in [1.54, 1.807) is 80.5 Å². The summed E-state index contributed by atoms with van der Waals surface area (Å²) < 4.78 is 61.0. The summed E-state index contributed by atoms with van der Waals surface area (Å²) in [6.07, 6.45) is 11.5. The highest BCUT2D eigenvalue weighted by molar-refractivity contribution is 9.10. The Morgan fingerprint density at radius 2 is 1.08 bits per heavy atom. The molecule has 1 amide bonds. The van der Waals surface area contributed by atoms with Gasteiger partial charge in [-0.05, 0) is 129 Å². The molecule has 3 saturated carbocycles. The lowest BCUT2D eigenvalue weighted by Gasteiger charge is -2.36. The first-order chi connectivity index (χ1) is 37.8. The van der Waals surface area contributed by atoms with E-state index in [1.165, 1.54) is 30.0 Å². The van der Waals surface area contributed by atoms with Crippen LogP contribution < -0.4 is 26.3 Å².